The average molecular weight is 250 g/mol. The molecule has 98 valence electrons. The summed E-state index contributed by atoms with van der Waals surface area (Å²) in [6, 6.07) is -1.01. The molecule has 2 N–H and O–H groups in total. The molecule has 0 aromatic rings. The van der Waals surface area contributed by atoms with Gasteiger partial charge in [0.25, 0.3) is 5.92 Å². The largest absolute Gasteiger partial charge is 0.480 e. The van der Waals surface area contributed by atoms with Crippen molar-refractivity contribution in [3.63, 3.8) is 0 Å². The van der Waals surface area contributed by atoms with Crippen LogP contribution in [0.1, 0.15) is 19.3 Å². The van der Waals surface area contributed by atoms with Crippen LogP contribution in [0.25, 0.3) is 0 Å². The zero-order valence-corrected chi connectivity index (χ0v) is 9.36. The van der Waals surface area contributed by atoms with Gasteiger partial charge in [0, 0.05) is 13.0 Å². The Hall–Kier alpha value is -1.24. The molecule has 0 aromatic heterocycles. The third kappa shape index (κ3) is 4.64. The first-order chi connectivity index (χ1) is 7.94. The maximum atomic E-state index is 13.1. The molecule has 5 nitrogen and oxygen atoms in total. The summed E-state index contributed by atoms with van der Waals surface area (Å²) in [4.78, 5) is 22.4. The Morgan fingerprint density at radius 1 is 1.59 bits per heavy atom. The Balaban J connectivity index is 2.38. The van der Waals surface area contributed by atoms with Crippen LogP contribution in [0.2, 0.25) is 0 Å². The molecule has 1 amide bonds. The zero-order chi connectivity index (χ0) is 12.9. The highest BCUT2D eigenvalue weighted by Gasteiger charge is 2.35. The SMILES string of the molecule is O=CNC(CCN1CCCC(F)(F)C1)C(=O)O. The topological polar surface area (TPSA) is 69.6 Å². The van der Waals surface area contributed by atoms with Gasteiger partial charge in [-0.15, -0.1) is 0 Å². The zero-order valence-electron chi connectivity index (χ0n) is 9.36. The molecule has 0 saturated carbocycles. The second kappa shape index (κ2) is 5.90. The number of likely N-dealkylation sites (tertiary alicyclic amines) is 1. The second-order valence-electron chi connectivity index (χ2n) is 4.20. The van der Waals surface area contributed by atoms with Gasteiger partial charge in [-0.05, 0) is 19.4 Å². The standard InChI is InChI=1S/C10H16F2N2O3/c11-10(12)3-1-4-14(6-10)5-2-8(9(16)17)13-7-15/h7-8H,1-6H2,(H,13,15)(H,16,17). The van der Waals surface area contributed by atoms with Crippen LogP contribution in [0.5, 0.6) is 0 Å². The lowest BCUT2D eigenvalue weighted by atomic mass is 10.1. The molecule has 1 atom stereocenters. The van der Waals surface area contributed by atoms with Crippen LogP contribution in [-0.4, -0.2) is 54.0 Å². The number of carboxylic acid groups (broad SMARTS) is 1. The first-order valence-corrected chi connectivity index (χ1v) is 5.47. The normalized spacial score (nSPS) is 21.8. The van der Waals surface area contributed by atoms with Gasteiger partial charge in [-0.3, -0.25) is 9.69 Å². The van der Waals surface area contributed by atoms with Crippen molar-refractivity contribution in [2.24, 2.45) is 0 Å². The fourth-order valence-corrected chi connectivity index (χ4v) is 1.91. The molecule has 0 radical (unpaired) electrons. The number of halogens is 2. The molecule has 17 heavy (non-hydrogen) atoms. The van der Waals surface area contributed by atoms with E-state index >= 15 is 0 Å². The maximum absolute atomic E-state index is 13.1. The second-order valence-corrected chi connectivity index (χ2v) is 4.20. The Morgan fingerprint density at radius 2 is 2.29 bits per heavy atom. The molecular weight excluding hydrogens is 234 g/mol. The smallest absolute Gasteiger partial charge is 0.326 e. The Kier molecular flexibility index (Phi) is 4.80. The molecule has 0 aliphatic carbocycles. The van der Waals surface area contributed by atoms with E-state index in [2.05, 4.69) is 5.32 Å². The summed E-state index contributed by atoms with van der Waals surface area (Å²) >= 11 is 0. The van der Waals surface area contributed by atoms with E-state index in [0.29, 0.717) is 19.4 Å². The van der Waals surface area contributed by atoms with Crippen molar-refractivity contribution >= 4 is 12.4 Å². The lowest BCUT2D eigenvalue weighted by Crippen LogP contribution is -2.45. The maximum Gasteiger partial charge on any atom is 0.326 e. The highest BCUT2D eigenvalue weighted by atomic mass is 19.3. The molecule has 1 saturated heterocycles. The number of hydrogen-bond acceptors (Lipinski definition) is 3. The fourth-order valence-electron chi connectivity index (χ4n) is 1.91. The number of carbonyl (C=O) groups is 2. The summed E-state index contributed by atoms with van der Waals surface area (Å²) in [5.74, 6) is -3.84. The van der Waals surface area contributed by atoms with Crippen molar-refractivity contribution in [2.45, 2.75) is 31.2 Å². The van der Waals surface area contributed by atoms with Crippen LogP contribution in [0, 0.1) is 0 Å². The number of rotatable bonds is 6. The summed E-state index contributed by atoms with van der Waals surface area (Å²) in [6.45, 7) is 0.455. The van der Waals surface area contributed by atoms with Gasteiger partial charge in [0.2, 0.25) is 6.41 Å². The van der Waals surface area contributed by atoms with Crippen LogP contribution in [0.3, 0.4) is 0 Å². The monoisotopic (exact) mass is 250 g/mol. The van der Waals surface area contributed by atoms with Crippen LogP contribution in [0.4, 0.5) is 8.78 Å². The average Bonchev–Trinajstić information content (AvgIpc) is 2.22. The lowest BCUT2D eigenvalue weighted by Gasteiger charge is -2.32. The number of aliphatic carboxylic acids is 1. The van der Waals surface area contributed by atoms with Crippen LogP contribution < -0.4 is 5.32 Å². The minimum atomic E-state index is -2.69. The summed E-state index contributed by atoms with van der Waals surface area (Å²) in [5, 5.41) is 10.9. The summed E-state index contributed by atoms with van der Waals surface area (Å²) in [5.41, 5.74) is 0. The van der Waals surface area contributed by atoms with Crippen molar-refractivity contribution in [1.82, 2.24) is 10.2 Å². The quantitative estimate of drug-likeness (QED) is 0.665. The van der Waals surface area contributed by atoms with Gasteiger partial charge in [0.1, 0.15) is 6.04 Å². The van der Waals surface area contributed by atoms with E-state index in [-0.39, 0.29) is 25.9 Å². The third-order valence-corrected chi connectivity index (χ3v) is 2.77. The van der Waals surface area contributed by atoms with Gasteiger partial charge in [-0.1, -0.05) is 0 Å². The Labute approximate surface area is 97.8 Å². The van der Waals surface area contributed by atoms with Crippen molar-refractivity contribution in [3.8, 4) is 0 Å². The number of alkyl halides is 2. The van der Waals surface area contributed by atoms with Crippen LogP contribution >= 0.6 is 0 Å². The van der Waals surface area contributed by atoms with Gasteiger partial charge in [-0.2, -0.15) is 0 Å². The number of amides is 1. The molecule has 1 fully saturated rings. The molecule has 1 aliphatic rings. The van der Waals surface area contributed by atoms with Gasteiger partial charge in [0.15, 0.2) is 0 Å². The van der Waals surface area contributed by atoms with E-state index in [0.717, 1.165) is 0 Å². The van der Waals surface area contributed by atoms with Gasteiger partial charge >= 0.3 is 5.97 Å². The van der Waals surface area contributed by atoms with E-state index in [1.165, 1.54) is 4.90 Å². The first kappa shape index (κ1) is 13.8. The van der Waals surface area contributed by atoms with E-state index in [1.807, 2.05) is 0 Å². The van der Waals surface area contributed by atoms with E-state index in [1.54, 1.807) is 0 Å². The molecule has 7 heteroatoms. The fraction of sp³-hybridized carbons (Fsp3) is 0.800. The minimum absolute atomic E-state index is 0.113. The summed E-state index contributed by atoms with van der Waals surface area (Å²) in [6.07, 6.45) is 0.734. The van der Waals surface area contributed by atoms with E-state index < -0.39 is 17.9 Å². The molecule has 1 rings (SSSR count). The molecule has 0 aromatic carbocycles. The summed E-state index contributed by atoms with van der Waals surface area (Å²) in [7, 11) is 0. The Morgan fingerprint density at radius 3 is 2.82 bits per heavy atom. The first-order valence-electron chi connectivity index (χ1n) is 5.47. The minimum Gasteiger partial charge on any atom is -0.480 e. The number of carbonyl (C=O) groups excluding carboxylic acids is 1. The summed E-state index contributed by atoms with van der Waals surface area (Å²) < 4.78 is 26.1. The molecule has 1 aliphatic heterocycles. The highest BCUT2D eigenvalue weighted by Crippen LogP contribution is 2.26. The van der Waals surface area contributed by atoms with Crippen LogP contribution in [0.15, 0.2) is 0 Å². The highest BCUT2D eigenvalue weighted by molar-refractivity contribution is 5.76. The van der Waals surface area contributed by atoms with E-state index in [9.17, 15) is 18.4 Å². The molecular formula is C10H16F2N2O3. The molecule has 1 heterocycles. The Bertz CT molecular complexity index is 287. The van der Waals surface area contributed by atoms with Crippen molar-refractivity contribution in [1.29, 1.82) is 0 Å². The number of nitrogens with zero attached hydrogens (tertiary/aromatic N) is 1. The molecule has 1 unspecified atom stereocenters. The van der Waals surface area contributed by atoms with Gasteiger partial charge in [0.05, 0.1) is 6.54 Å². The number of nitrogens with one attached hydrogen (secondary N) is 1. The molecule has 0 bridgehead atoms. The lowest BCUT2D eigenvalue weighted by molar-refractivity contribution is -0.141. The number of piperidine rings is 1. The number of hydrogen-bond donors (Lipinski definition) is 2. The van der Waals surface area contributed by atoms with Crippen molar-refractivity contribution < 1.29 is 23.5 Å². The van der Waals surface area contributed by atoms with E-state index in [4.69, 9.17) is 5.11 Å². The predicted molar refractivity (Wildman–Crippen MR) is 55.9 cm³/mol. The predicted octanol–water partition coefficient (Wildman–Crippen LogP) is 0.307. The third-order valence-electron chi connectivity index (χ3n) is 2.77. The molecule has 0 spiro atoms. The number of carboxylic acids is 1. The van der Waals surface area contributed by atoms with Crippen molar-refractivity contribution in [2.75, 3.05) is 19.6 Å². The van der Waals surface area contributed by atoms with Gasteiger partial charge < -0.3 is 10.4 Å². The van der Waals surface area contributed by atoms with Crippen molar-refractivity contribution in [3.05, 3.63) is 0 Å². The van der Waals surface area contributed by atoms with Crippen LogP contribution in [-0.2, 0) is 9.59 Å². The van der Waals surface area contributed by atoms with Gasteiger partial charge in [-0.25, -0.2) is 13.6 Å².